The van der Waals surface area contributed by atoms with Gasteiger partial charge in [-0.1, -0.05) is 0 Å². The van der Waals surface area contributed by atoms with Crippen LogP contribution in [0.15, 0.2) is 0 Å². The van der Waals surface area contributed by atoms with Crippen LogP contribution in [-0.4, -0.2) is 25.8 Å². The number of ether oxygens (including phenoxy) is 2. The largest absolute Gasteiger partial charge is 0.466 e. The minimum Gasteiger partial charge on any atom is -0.466 e. The minimum atomic E-state index is -0.0594. The molecule has 0 radical (unpaired) electrons. The summed E-state index contributed by atoms with van der Waals surface area (Å²) in [6, 6.07) is 0. The maximum Gasteiger partial charge on any atom is 0.309 e. The van der Waals surface area contributed by atoms with Gasteiger partial charge in [0.15, 0.2) is 0 Å². The molecular formula is C8H14O3. The summed E-state index contributed by atoms with van der Waals surface area (Å²) in [5, 5.41) is 0. The highest BCUT2D eigenvalue weighted by atomic mass is 16.5. The van der Waals surface area contributed by atoms with Crippen LogP contribution in [0.5, 0.6) is 0 Å². The molecular weight excluding hydrogens is 144 g/mol. The first kappa shape index (κ1) is 8.53. The Balaban J connectivity index is 2.27. The van der Waals surface area contributed by atoms with Crippen molar-refractivity contribution >= 4 is 5.97 Å². The summed E-state index contributed by atoms with van der Waals surface area (Å²) < 4.78 is 10.0. The molecule has 1 saturated heterocycles. The summed E-state index contributed by atoms with van der Waals surface area (Å²) in [5.74, 6) is 0.0273. The molecule has 1 rings (SSSR count). The molecule has 1 heterocycles. The van der Waals surface area contributed by atoms with Crippen molar-refractivity contribution in [2.24, 2.45) is 5.92 Å². The van der Waals surface area contributed by atoms with Crippen LogP contribution < -0.4 is 0 Å². The summed E-state index contributed by atoms with van der Waals surface area (Å²) in [7, 11) is 0. The van der Waals surface area contributed by atoms with Crippen molar-refractivity contribution < 1.29 is 14.3 Å². The van der Waals surface area contributed by atoms with Crippen molar-refractivity contribution in [1.82, 2.24) is 0 Å². The van der Waals surface area contributed by atoms with Gasteiger partial charge in [0.2, 0.25) is 0 Å². The molecule has 0 aromatic carbocycles. The van der Waals surface area contributed by atoms with Gasteiger partial charge in [0, 0.05) is 13.2 Å². The Morgan fingerprint density at radius 3 is 2.73 bits per heavy atom. The highest BCUT2D eigenvalue weighted by molar-refractivity contribution is 5.72. The molecule has 0 N–H and O–H groups in total. The standard InChI is InChI=1S/C8H14O3/c1-2-11-8(9)7-3-5-10-6-4-7/h7H,2-6H2,1H3. The molecule has 0 saturated carbocycles. The van der Waals surface area contributed by atoms with Gasteiger partial charge < -0.3 is 9.47 Å². The van der Waals surface area contributed by atoms with E-state index in [0.717, 1.165) is 12.8 Å². The lowest BCUT2D eigenvalue weighted by molar-refractivity contribution is -0.151. The minimum absolute atomic E-state index is 0.0594. The Bertz CT molecular complexity index is 127. The second kappa shape index (κ2) is 4.34. The molecule has 0 unspecified atom stereocenters. The maximum atomic E-state index is 11.1. The predicted molar refractivity (Wildman–Crippen MR) is 40.2 cm³/mol. The van der Waals surface area contributed by atoms with Gasteiger partial charge in [-0.25, -0.2) is 0 Å². The van der Waals surface area contributed by atoms with Crippen molar-refractivity contribution in [2.75, 3.05) is 19.8 Å². The van der Waals surface area contributed by atoms with Crippen LogP contribution in [-0.2, 0) is 14.3 Å². The molecule has 64 valence electrons. The van der Waals surface area contributed by atoms with Gasteiger partial charge in [0.1, 0.15) is 0 Å². The van der Waals surface area contributed by atoms with E-state index in [2.05, 4.69) is 0 Å². The van der Waals surface area contributed by atoms with Gasteiger partial charge in [0.25, 0.3) is 0 Å². The van der Waals surface area contributed by atoms with Crippen LogP contribution in [0.2, 0.25) is 0 Å². The first-order valence-corrected chi connectivity index (χ1v) is 4.09. The monoisotopic (exact) mass is 158 g/mol. The molecule has 3 heteroatoms. The molecule has 0 aromatic heterocycles. The third kappa shape index (κ3) is 2.50. The third-order valence-corrected chi connectivity index (χ3v) is 1.84. The molecule has 0 bridgehead atoms. The topological polar surface area (TPSA) is 35.5 Å². The van der Waals surface area contributed by atoms with Crippen molar-refractivity contribution in [3.63, 3.8) is 0 Å². The predicted octanol–water partition coefficient (Wildman–Crippen LogP) is 0.976. The second-order valence-corrected chi connectivity index (χ2v) is 2.64. The first-order valence-electron chi connectivity index (χ1n) is 4.09. The van der Waals surface area contributed by atoms with Crippen molar-refractivity contribution in [3.8, 4) is 0 Å². The fourth-order valence-electron chi connectivity index (χ4n) is 1.19. The number of esters is 1. The Labute approximate surface area is 66.7 Å². The zero-order valence-electron chi connectivity index (χ0n) is 6.84. The van der Waals surface area contributed by atoms with E-state index in [9.17, 15) is 4.79 Å². The number of carbonyl (C=O) groups is 1. The van der Waals surface area contributed by atoms with Crippen molar-refractivity contribution in [1.29, 1.82) is 0 Å². The van der Waals surface area contributed by atoms with Gasteiger partial charge in [0.05, 0.1) is 12.5 Å². The van der Waals surface area contributed by atoms with Crippen LogP contribution in [0.4, 0.5) is 0 Å². The van der Waals surface area contributed by atoms with Crippen molar-refractivity contribution in [3.05, 3.63) is 0 Å². The lowest BCUT2D eigenvalue weighted by Crippen LogP contribution is -2.25. The van der Waals surface area contributed by atoms with E-state index < -0.39 is 0 Å². The average molecular weight is 158 g/mol. The van der Waals surface area contributed by atoms with E-state index >= 15 is 0 Å². The molecule has 1 aliphatic heterocycles. The zero-order chi connectivity index (χ0) is 8.10. The Morgan fingerprint density at radius 2 is 2.18 bits per heavy atom. The van der Waals surface area contributed by atoms with Crippen LogP contribution in [0.3, 0.4) is 0 Å². The highest BCUT2D eigenvalue weighted by Crippen LogP contribution is 2.15. The third-order valence-electron chi connectivity index (χ3n) is 1.84. The number of carbonyl (C=O) groups excluding carboxylic acids is 1. The SMILES string of the molecule is CCOC(=O)C1CCOCC1. The van der Waals surface area contributed by atoms with E-state index in [1.54, 1.807) is 0 Å². The molecule has 0 spiro atoms. The van der Waals surface area contributed by atoms with Gasteiger partial charge >= 0.3 is 5.97 Å². The fourth-order valence-corrected chi connectivity index (χ4v) is 1.19. The Kier molecular flexibility index (Phi) is 3.36. The normalized spacial score (nSPS) is 19.7. The van der Waals surface area contributed by atoms with Crippen LogP contribution in [0.1, 0.15) is 19.8 Å². The van der Waals surface area contributed by atoms with Crippen LogP contribution >= 0.6 is 0 Å². The second-order valence-electron chi connectivity index (χ2n) is 2.64. The zero-order valence-corrected chi connectivity index (χ0v) is 6.84. The van der Waals surface area contributed by atoms with Crippen molar-refractivity contribution in [2.45, 2.75) is 19.8 Å². The average Bonchev–Trinajstić information content (AvgIpc) is 2.07. The summed E-state index contributed by atoms with van der Waals surface area (Å²) in [6.45, 7) is 3.71. The fraction of sp³-hybridized carbons (Fsp3) is 0.875. The Hall–Kier alpha value is -0.570. The molecule has 0 amide bonds. The Morgan fingerprint density at radius 1 is 1.55 bits per heavy atom. The molecule has 11 heavy (non-hydrogen) atoms. The van der Waals surface area contributed by atoms with E-state index in [4.69, 9.17) is 9.47 Å². The van der Waals surface area contributed by atoms with Crippen LogP contribution in [0, 0.1) is 5.92 Å². The molecule has 0 aromatic rings. The number of rotatable bonds is 2. The van der Waals surface area contributed by atoms with Gasteiger partial charge in [-0.05, 0) is 19.8 Å². The molecule has 3 nitrogen and oxygen atoms in total. The van der Waals surface area contributed by atoms with Gasteiger partial charge in [-0.2, -0.15) is 0 Å². The van der Waals surface area contributed by atoms with E-state index in [-0.39, 0.29) is 11.9 Å². The lowest BCUT2D eigenvalue weighted by atomic mass is 10.0. The van der Waals surface area contributed by atoms with E-state index in [1.165, 1.54) is 0 Å². The molecule has 0 atom stereocenters. The molecule has 0 aliphatic carbocycles. The molecule has 1 aliphatic rings. The van der Waals surface area contributed by atoms with Gasteiger partial charge in [-0.3, -0.25) is 4.79 Å². The number of hydrogen-bond acceptors (Lipinski definition) is 3. The highest BCUT2D eigenvalue weighted by Gasteiger charge is 2.22. The number of hydrogen-bond donors (Lipinski definition) is 0. The summed E-state index contributed by atoms with van der Waals surface area (Å²) in [4.78, 5) is 11.1. The molecule has 1 fully saturated rings. The lowest BCUT2D eigenvalue weighted by Gasteiger charge is -2.19. The van der Waals surface area contributed by atoms with Crippen LogP contribution in [0.25, 0.3) is 0 Å². The maximum absolute atomic E-state index is 11.1. The quantitative estimate of drug-likeness (QED) is 0.562. The smallest absolute Gasteiger partial charge is 0.309 e. The summed E-state index contributed by atoms with van der Waals surface area (Å²) >= 11 is 0. The summed E-state index contributed by atoms with van der Waals surface area (Å²) in [5.41, 5.74) is 0. The van der Waals surface area contributed by atoms with E-state index in [0.29, 0.717) is 19.8 Å². The summed E-state index contributed by atoms with van der Waals surface area (Å²) in [6.07, 6.45) is 1.64. The van der Waals surface area contributed by atoms with Gasteiger partial charge in [-0.15, -0.1) is 0 Å². The van der Waals surface area contributed by atoms with E-state index in [1.807, 2.05) is 6.92 Å². The first-order chi connectivity index (χ1) is 5.34.